The Balaban J connectivity index is 2.68. The van der Waals surface area contributed by atoms with Crippen LogP contribution in [0.3, 0.4) is 0 Å². The molecule has 0 saturated carbocycles. The summed E-state index contributed by atoms with van der Waals surface area (Å²) in [6.45, 7) is 5.37. The Morgan fingerprint density at radius 2 is 1.95 bits per heavy atom. The van der Waals surface area contributed by atoms with Crippen LogP contribution in [0.25, 0.3) is 0 Å². The van der Waals surface area contributed by atoms with Crippen LogP contribution in [0.5, 0.6) is 0 Å². The van der Waals surface area contributed by atoms with E-state index in [1.807, 2.05) is 30.3 Å². The van der Waals surface area contributed by atoms with Gasteiger partial charge in [-0.15, -0.1) is 11.6 Å². The number of hydrogen-bond acceptors (Lipinski definition) is 3. The Labute approximate surface area is 125 Å². The number of benzene rings is 1. The molecule has 1 rings (SSSR count). The van der Waals surface area contributed by atoms with Crippen LogP contribution in [0, 0.1) is 0 Å². The molecule has 4 nitrogen and oxygen atoms in total. The van der Waals surface area contributed by atoms with Crippen LogP contribution in [0.4, 0.5) is 4.79 Å². The molecule has 0 fully saturated rings. The minimum absolute atomic E-state index is 0.0489. The minimum atomic E-state index is -0.829. The molecule has 5 heteroatoms. The van der Waals surface area contributed by atoms with Gasteiger partial charge < -0.3 is 15.2 Å². The van der Waals surface area contributed by atoms with Crippen LogP contribution in [0.2, 0.25) is 0 Å². The summed E-state index contributed by atoms with van der Waals surface area (Å²) in [5.74, 6) is 0.0489. The second-order valence-electron chi connectivity index (χ2n) is 5.66. The van der Waals surface area contributed by atoms with Crippen LogP contribution in [-0.4, -0.2) is 34.8 Å². The van der Waals surface area contributed by atoms with E-state index in [1.165, 1.54) is 0 Å². The van der Waals surface area contributed by atoms with E-state index in [0.29, 0.717) is 6.42 Å². The van der Waals surface area contributed by atoms with Gasteiger partial charge in [0.2, 0.25) is 0 Å². The standard InChI is InChI=1S/C15H22ClNO3/c1-15(2,3)20-14(19)17-12(13(18)10-16)9-11-7-5-4-6-8-11/h4-8,12-13,18H,9-10H2,1-3H3,(H,17,19)/t12-,13+/m0/s1. The van der Waals surface area contributed by atoms with Gasteiger partial charge in [0.15, 0.2) is 0 Å². The van der Waals surface area contributed by atoms with Crippen molar-refractivity contribution >= 4 is 17.7 Å². The second-order valence-corrected chi connectivity index (χ2v) is 5.97. The normalized spacial score (nSPS) is 14.4. The average Bonchev–Trinajstić information content (AvgIpc) is 2.36. The molecule has 1 amide bonds. The fourth-order valence-corrected chi connectivity index (χ4v) is 1.93. The molecule has 0 aromatic heterocycles. The van der Waals surface area contributed by atoms with E-state index in [-0.39, 0.29) is 5.88 Å². The molecule has 1 aromatic carbocycles. The molecule has 2 atom stereocenters. The van der Waals surface area contributed by atoms with Crippen molar-refractivity contribution in [3.8, 4) is 0 Å². The zero-order chi connectivity index (χ0) is 15.2. The summed E-state index contributed by atoms with van der Waals surface area (Å²) in [6, 6.07) is 9.12. The van der Waals surface area contributed by atoms with Crippen molar-refractivity contribution in [3.63, 3.8) is 0 Å². The first kappa shape index (κ1) is 16.8. The topological polar surface area (TPSA) is 58.6 Å². The first-order valence-electron chi connectivity index (χ1n) is 6.59. The summed E-state index contributed by atoms with van der Waals surface area (Å²) >= 11 is 5.69. The molecule has 20 heavy (non-hydrogen) atoms. The van der Waals surface area contributed by atoms with Crippen molar-refractivity contribution < 1.29 is 14.6 Å². The zero-order valence-electron chi connectivity index (χ0n) is 12.1. The highest BCUT2D eigenvalue weighted by Crippen LogP contribution is 2.10. The van der Waals surface area contributed by atoms with Crippen molar-refractivity contribution in [2.24, 2.45) is 0 Å². The highest BCUT2D eigenvalue weighted by atomic mass is 35.5. The number of hydrogen-bond donors (Lipinski definition) is 2. The lowest BCUT2D eigenvalue weighted by atomic mass is 10.0. The van der Waals surface area contributed by atoms with Gasteiger partial charge in [0.05, 0.1) is 18.0 Å². The lowest BCUT2D eigenvalue weighted by Crippen LogP contribution is -2.47. The third-order valence-electron chi connectivity index (χ3n) is 2.62. The minimum Gasteiger partial charge on any atom is -0.444 e. The molecule has 0 aliphatic heterocycles. The van der Waals surface area contributed by atoms with Crippen molar-refractivity contribution in [2.45, 2.75) is 44.9 Å². The second kappa shape index (κ2) is 7.50. The number of aliphatic hydroxyl groups is 1. The number of rotatable bonds is 5. The van der Waals surface area contributed by atoms with Crippen molar-refractivity contribution in [1.82, 2.24) is 5.32 Å². The summed E-state index contributed by atoms with van der Waals surface area (Å²) < 4.78 is 5.20. The summed E-state index contributed by atoms with van der Waals surface area (Å²) in [5.41, 5.74) is 0.436. The molecule has 112 valence electrons. The monoisotopic (exact) mass is 299 g/mol. The summed E-state index contributed by atoms with van der Waals surface area (Å²) in [4.78, 5) is 11.8. The van der Waals surface area contributed by atoms with Crippen LogP contribution in [-0.2, 0) is 11.2 Å². The van der Waals surface area contributed by atoms with E-state index in [9.17, 15) is 9.90 Å². The molecule has 0 aliphatic carbocycles. The van der Waals surface area contributed by atoms with Crippen LogP contribution in [0.15, 0.2) is 30.3 Å². The van der Waals surface area contributed by atoms with Gasteiger partial charge in [-0.2, -0.15) is 0 Å². The summed E-state index contributed by atoms with van der Waals surface area (Å²) in [5, 5.41) is 12.6. The van der Waals surface area contributed by atoms with E-state index < -0.39 is 23.8 Å². The van der Waals surface area contributed by atoms with Crippen LogP contribution >= 0.6 is 11.6 Å². The Morgan fingerprint density at radius 3 is 2.45 bits per heavy atom. The zero-order valence-corrected chi connectivity index (χ0v) is 12.9. The highest BCUT2D eigenvalue weighted by molar-refractivity contribution is 6.18. The predicted molar refractivity (Wildman–Crippen MR) is 80.0 cm³/mol. The fraction of sp³-hybridized carbons (Fsp3) is 0.533. The fourth-order valence-electron chi connectivity index (χ4n) is 1.72. The van der Waals surface area contributed by atoms with Crippen molar-refractivity contribution in [3.05, 3.63) is 35.9 Å². The molecule has 0 heterocycles. The molecular weight excluding hydrogens is 278 g/mol. The highest BCUT2D eigenvalue weighted by Gasteiger charge is 2.24. The van der Waals surface area contributed by atoms with E-state index >= 15 is 0 Å². The third-order valence-corrected chi connectivity index (χ3v) is 2.94. The van der Waals surface area contributed by atoms with Crippen molar-refractivity contribution in [1.29, 1.82) is 0 Å². The number of aliphatic hydroxyl groups excluding tert-OH is 1. The smallest absolute Gasteiger partial charge is 0.407 e. The lowest BCUT2D eigenvalue weighted by molar-refractivity contribution is 0.0440. The van der Waals surface area contributed by atoms with Gasteiger partial charge in [-0.25, -0.2) is 4.79 Å². The third kappa shape index (κ3) is 6.26. The number of halogens is 1. The molecule has 2 N–H and O–H groups in total. The first-order chi connectivity index (χ1) is 9.31. The van der Waals surface area contributed by atoms with Crippen molar-refractivity contribution in [2.75, 3.05) is 5.88 Å². The van der Waals surface area contributed by atoms with Gasteiger partial charge in [0.1, 0.15) is 5.60 Å². The lowest BCUT2D eigenvalue weighted by Gasteiger charge is -2.26. The van der Waals surface area contributed by atoms with E-state index in [1.54, 1.807) is 20.8 Å². The Morgan fingerprint density at radius 1 is 1.35 bits per heavy atom. The van der Waals surface area contributed by atoms with E-state index in [4.69, 9.17) is 16.3 Å². The quantitative estimate of drug-likeness (QED) is 0.822. The van der Waals surface area contributed by atoms with Gasteiger partial charge in [0.25, 0.3) is 0 Å². The van der Waals surface area contributed by atoms with Crippen LogP contribution in [0.1, 0.15) is 26.3 Å². The van der Waals surface area contributed by atoms with Crippen LogP contribution < -0.4 is 5.32 Å². The first-order valence-corrected chi connectivity index (χ1v) is 7.13. The summed E-state index contributed by atoms with van der Waals surface area (Å²) in [6.07, 6.45) is -0.888. The maximum Gasteiger partial charge on any atom is 0.407 e. The van der Waals surface area contributed by atoms with Gasteiger partial charge >= 0.3 is 6.09 Å². The number of ether oxygens (including phenoxy) is 1. The maximum absolute atomic E-state index is 11.8. The Hall–Kier alpha value is -1.26. The Bertz CT molecular complexity index is 417. The molecular formula is C15H22ClNO3. The van der Waals surface area contributed by atoms with Gasteiger partial charge in [-0.3, -0.25) is 0 Å². The number of alkyl halides is 1. The molecule has 1 aromatic rings. The number of carbonyl (C=O) groups is 1. The number of alkyl carbamates (subject to hydrolysis) is 1. The SMILES string of the molecule is CC(C)(C)OC(=O)N[C@@H](Cc1ccccc1)[C@H](O)CCl. The molecule has 0 aliphatic rings. The largest absolute Gasteiger partial charge is 0.444 e. The Kier molecular flexibility index (Phi) is 6.30. The number of carbonyl (C=O) groups excluding carboxylic acids is 1. The van der Waals surface area contributed by atoms with Gasteiger partial charge in [0, 0.05) is 0 Å². The number of amides is 1. The molecule has 0 saturated heterocycles. The molecule has 0 unspecified atom stereocenters. The van der Waals surface area contributed by atoms with Gasteiger partial charge in [-0.05, 0) is 32.8 Å². The van der Waals surface area contributed by atoms with Gasteiger partial charge in [-0.1, -0.05) is 30.3 Å². The summed E-state index contributed by atoms with van der Waals surface area (Å²) in [7, 11) is 0. The predicted octanol–water partition coefficient (Wildman–Crippen LogP) is 2.72. The number of nitrogens with one attached hydrogen (secondary N) is 1. The molecule has 0 radical (unpaired) electrons. The molecule has 0 bridgehead atoms. The van der Waals surface area contributed by atoms with E-state index in [2.05, 4.69) is 5.32 Å². The maximum atomic E-state index is 11.8. The molecule has 0 spiro atoms. The van der Waals surface area contributed by atoms with E-state index in [0.717, 1.165) is 5.56 Å². The average molecular weight is 300 g/mol.